The molecule has 0 radical (unpaired) electrons. The molecule has 1 N–H and O–H groups in total. The third-order valence-electron chi connectivity index (χ3n) is 4.48. The van der Waals surface area contributed by atoms with Crippen LogP contribution < -0.4 is 5.32 Å². The molecule has 4 heterocycles. The number of ether oxygens (including phenoxy) is 1. The number of rotatable bonds is 4. The minimum absolute atomic E-state index is 0.0249. The van der Waals surface area contributed by atoms with Crippen LogP contribution in [-0.2, 0) is 11.3 Å². The van der Waals surface area contributed by atoms with E-state index in [9.17, 15) is 0 Å². The van der Waals surface area contributed by atoms with Crippen LogP contribution in [0, 0.1) is 0 Å². The van der Waals surface area contributed by atoms with E-state index in [-0.39, 0.29) is 5.60 Å². The first kappa shape index (κ1) is 14.1. The molecule has 2 fully saturated rings. The van der Waals surface area contributed by atoms with Crippen molar-refractivity contribution in [2.45, 2.75) is 31.0 Å². The molecule has 6 heteroatoms. The predicted molar refractivity (Wildman–Crippen MR) is 87.0 cm³/mol. The molecule has 22 heavy (non-hydrogen) atoms. The van der Waals surface area contributed by atoms with Crippen LogP contribution in [0.15, 0.2) is 36.1 Å². The molecule has 0 aliphatic carbocycles. The number of likely N-dealkylation sites (tertiary alicyclic amines) is 1. The van der Waals surface area contributed by atoms with Crippen molar-refractivity contribution in [3.05, 3.63) is 41.0 Å². The third-order valence-corrected chi connectivity index (χ3v) is 5.34. The van der Waals surface area contributed by atoms with Crippen molar-refractivity contribution >= 4 is 17.2 Å². The van der Waals surface area contributed by atoms with Crippen LogP contribution in [0.1, 0.15) is 17.7 Å². The van der Waals surface area contributed by atoms with E-state index in [1.807, 2.05) is 11.3 Å². The van der Waals surface area contributed by atoms with E-state index in [0.29, 0.717) is 6.04 Å². The lowest BCUT2D eigenvalue weighted by molar-refractivity contribution is 0.0120. The molecule has 0 bridgehead atoms. The van der Waals surface area contributed by atoms with Gasteiger partial charge < -0.3 is 10.1 Å². The van der Waals surface area contributed by atoms with Gasteiger partial charge in [-0.3, -0.25) is 9.88 Å². The minimum atomic E-state index is 0.0249. The van der Waals surface area contributed by atoms with Crippen molar-refractivity contribution < 1.29 is 4.74 Å². The number of thiophene rings is 1. The summed E-state index contributed by atoms with van der Waals surface area (Å²) in [5.74, 6) is 0.835. The van der Waals surface area contributed by atoms with Gasteiger partial charge >= 0.3 is 0 Å². The van der Waals surface area contributed by atoms with Gasteiger partial charge in [-0.2, -0.15) is 0 Å². The van der Waals surface area contributed by atoms with E-state index in [2.05, 4.69) is 37.7 Å². The van der Waals surface area contributed by atoms with Crippen molar-refractivity contribution in [3.8, 4) is 0 Å². The van der Waals surface area contributed by atoms with Gasteiger partial charge in [0.05, 0.1) is 24.4 Å². The van der Waals surface area contributed by atoms with Gasteiger partial charge in [0.2, 0.25) is 0 Å². The highest BCUT2D eigenvalue weighted by Gasteiger charge is 2.45. The second kappa shape index (κ2) is 5.95. The molecule has 2 aromatic rings. The number of anilines is 1. The zero-order valence-electron chi connectivity index (χ0n) is 12.4. The van der Waals surface area contributed by atoms with E-state index >= 15 is 0 Å². The lowest BCUT2D eigenvalue weighted by atomic mass is 9.97. The molecular formula is C16H20N4OS. The smallest absolute Gasteiger partial charge is 0.144 e. The van der Waals surface area contributed by atoms with Crippen molar-refractivity contribution in [1.29, 1.82) is 0 Å². The number of nitrogens with zero attached hydrogens (tertiary/aromatic N) is 3. The molecule has 0 amide bonds. The summed E-state index contributed by atoms with van der Waals surface area (Å²) in [6.07, 6.45) is 7.34. The molecule has 2 atom stereocenters. The Bertz CT molecular complexity index is 606. The summed E-state index contributed by atoms with van der Waals surface area (Å²) in [6, 6.07) is 4.67. The Hall–Kier alpha value is -1.50. The molecule has 0 saturated carbocycles. The van der Waals surface area contributed by atoms with Crippen molar-refractivity contribution in [2.24, 2.45) is 0 Å². The van der Waals surface area contributed by atoms with Gasteiger partial charge in [0, 0.05) is 43.3 Å². The Morgan fingerprint density at radius 2 is 2.45 bits per heavy atom. The fourth-order valence-corrected chi connectivity index (χ4v) is 4.24. The Balaban J connectivity index is 1.34. The molecule has 2 saturated heterocycles. The van der Waals surface area contributed by atoms with Gasteiger partial charge in [-0.25, -0.2) is 4.98 Å². The van der Waals surface area contributed by atoms with Crippen LogP contribution in [0.3, 0.4) is 0 Å². The average Bonchev–Trinajstić information content (AvgIpc) is 3.25. The molecule has 2 aliphatic heterocycles. The Morgan fingerprint density at radius 1 is 1.45 bits per heavy atom. The van der Waals surface area contributed by atoms with Crippen molar-refractivity contribution in [3.63, 3.8) is 0 Å². The second-order valence-corrected chi connectivity index (χ2v) is 7.20. The number of nitrogens with one attached hydrogen (secondary N) is 1. The SMILES string of the molecule is c1csc(CN2CC[C@]3(C[C@@H](Nc4cnccn4)CO3)C2)c1. The maximum Gasteiger partial charge on any atom is 0.144 e. The van der Waals surface area contributed by atoms with E-state index in [4.69, 9.17) is 4.74 Å². The summed E-state index contributed by atoms with van der Waals surface area (Å²) in [6.45, 7) is 3.95. The van der Waals surface area contributed by atoms with E-state index in [1.165, 1.54) is 4.88 Å². The first-order valence-corrected chi connectivity index (χ1v) is 8.61. The normalized spacial score (nSPS) is 28.5. The molecule has 2 aromatic heterocycles. The molecule has 1 spiro atoms. The van der Waals surface area contributed by atoms with Crippen LogP contribution in [0.5, 0.6) is 0 Å². The first-order chi connectivity index (χ1) is 10.8. The lowest BCUT2D eigenvalue weighted by Gasteiger charge is -2.23. The van der Waals surface area contributed by atoms with Crippen LogP contribution in [0.2, 0.25) is 0 Å². The lowest BCUT2D eigenvalue weighted by Crippen LogP contribution is -2.33. The number of aromatic nitrogens is 2. The maximum atomic E-state index is 6.19. The predicted octanol–water partition coefficient (Wildman–Crippen LogP) is 2.38. The highest BCUT2D eigenvalue weighted by molar-refractivity contribution is 7.09. The van der Waals surface area contributed by atoms with Gasteiger partial charge in [-0.15, -0.1) is 11.3 Å². The standard InChI is InChI=1S/C16H20N4OS/c1-2-14(22-7-1)10-20-6-3-16(12-20)8-13(11-21-16)19-15-9-17-4-5-18-15/h1-2,4-5,7,9,13H,3,6,8,10-12H2,(H,18,19)/t13-,16+/m1/s1. The average molecular weight is 316 g/mol. The second-order valence-electron chi connectivity index (χ2n) is 6.17. The van der Waals surface area contributed by atoms with Crippen molar-refractivity contribution in [1.82, 2.24) is 14.9 Å². The Morgan fingerprint density at radius 3 is 3.27 bits per heavy atom. The number of hydrogen-bond donors (Lipinski definition) is 1. The number of hydrogen-bond acceptors (Lipinski definition) is 6. The Kier molecular flexibility index (Phi) is 3.82. The van der Waals surface area contributed by atoms with Crippen LogP contribution in [0.4, 0.5) is 5.82 Å². The summed E-state index contributed by atoms with van der Waals surface area (Å²) in [4.78, 5) is 12.3. The molecule has 0 unspecified atom stereocenters. The molecule has 2 aliphatic rings. The quantitative estimate of drug-likeness (QED) is 0.938. The van der Waals surface area contributed by atoms with Gasteiger partial charge in [-0.1, -0.05) is 6.07 Å². The fraction of sp³-hybridized carbons (Fsp3) is 0.500. The molecule has 116 valence electrons. The summed E-state index contributed by atoms with van der Waals surface area (Å²) >= 11 is 1.83. The van der Waals surface area contributed by atoms with Crippen molar-refractivity contribution in [2.75, 3.05) is 25.0 Å². The molecular weight excluding hydrogens is 296 g/mol. The zero-order valence-corrected chi connectivity index (χ0v) is 13.3. The van der Waals surface area contributed by atoms with Crippen LogP contribution in [-0.4, -0.2) is 46.2 Å². The van der Waals surface area contributed by atoms with E-state index < -0.39 is 0 Å². The van der Waals surface area contributed by atoms with Crippen LogP contribution in [0.25, 0.3) is 0 Å². The zero-order chi connectivity index (χ0) is 14.8. The maximum absolute atomic E-state index is 6.19. The van der Waals surface area contributed by atoms with E-state index in [0.717, 1.165) is 44.9 Å². The summed E-state index contributed by atoms with van der Waals surface area (Å²) < 4.78 is 6.19. The monoisotopic (exact) mass is 316 g/mol. The highest BCUT2D eigenvalue weighted by Crippen LogP contribution is 2.36. The topological polar surface area (TPSA) is 50.3 Å². The third kappa shape index (κ3) is 2.99. The van der Waals surface area contributed by atoms with Gasteiger partial charge in [-0.05, 0) is 17.9 Å². The summed E-state index contributed by atoms with van der Waals surface area (Å²) in [7, 11) is 0. The van der Waals surface area contributed by atoms with E-state index in [1.54, 1.807) is 18.6 Å². The van der Waals surface area contributed by atoms with Gasteiger partial charge in [0.1, 0.15) is 5.82 Å². The van der Waals surface area contributed by atoms with Crippen LogP contribution >= 0.6 is 11.3 Å². The minimum Gasteiger partial charge on any atom is -0.371 e. The molecule has 4 rings (SSSR count). The van der Waals surface area contributed by atoms with Gasteiger partial charge in [0.25, 0.3) is 0 Å². The first-order valence-electron chi connectivity index (χ1n) is 7.73. The highest BCUT2D eigenvalue weighted by atomic mass is 32.1. The Labute approximate surface area is 134 Å². The molecule has 5 nitrogen and oxygen atoms in total. The largest absolute Gasteiger partial charge is 0.371 e. The summed E-state index contributed by atoms with van der Waals surface area (Å²) in [5.41, 5.74) is 0.0249. The summed E-state index contributed by atoms with van der Waals surface area (Å²) in [5, 5.41) is 5.58. The van der Waals surface area contributed by atoms with Gasteiger partial charge in [0.15, 0.2) is 0 Å². The molecule has 0 aromatic carbocycles. The fourth-order valence-electron chi connectivity index (χ4n) is 3.49.